The minimum atomic E-state index is -0.348. The molecule has 0 radical (unpaired) electrons. The summed E-state index contributed by atoms with van der Waals surface area (Å²) in [5.41, 5.74) is 3.82. The van der Waals surface area contributed by atoms with E-state index in [0.29, 0.717) is 34.8 Å². The number of anilines is 1. The number of hydrogen-bond acceptors (Lipinski definition) is 5. The van der Waals surface area contributed by atoms with E-state index in [0.717, 1.165) is 43.4 Å². The zero-order valence-electron chi connectivity index (χ0n) is 21.9. The van der Waals surface area contributed by atoms with E-state index in [1.54, 1.807) is 36.4 Å². The second-order valence-corrected chi connectivity index (χ2v) is 9.70. The highest BCUT2D eigenvalue weighted by atomic mass is 16.5. The molecule has 1 aliphatic rings. The van der Waals surface area contributed by atoms with Crippen LogP contribution in [-0.4, -0.2) is 40.5 Å². The molecule has 0 atom stereocenters. The van der Waals surface area contributed by atoms with Crippen LogP contribution in [0.1, 0.15) is 53.2 Å². The summed E-state index contributed by atoms with van der Waals surface area (Å²) in [7, 11) is 1.51. The second kappa shape index (κ2) is 11.9. The number of benzene rings is 3. The molecule has 8 nitrogen and oxygen atoms in total. The van der Waals surface area contributed by atoms with Crippen molar-refractivity contribution in [1.82, 2.24) is 15.1 Å². The van der Waals surface area contributed by atoms with Gasteiger partial charge in [0, 0.05) is 29.8 Å². The molecule has 8 heteroatoms. The molecule has 1 saturated carbocycles. The van der Waals surface area contributed by atoms with E-state index in [1.807, 2.05) is 36.4 Å². The number of carbonyl (C=O) groups excluding carboxylic acids is 2. The van der Waals surface area contributed by atoms with Crippen molar-refractivity contribution in [3.63, 3.8) is 0 Å². The minimum absolute atomic E-state index is 0.0417. The first-order valence-corrected chi connectivity index (χ1v) is 13.2. The average molecular weight is 525 g/mol. The summed E-state index contributed by atoms with van der Waals surface area (Å²) in [6.45, 7) is 0.494. The zero-order chi connectivity index (χ0) is 27.2. The van der Waals surface area contributed by atoms with Crippen molar-refractivity contribution < 1.29 is 19.4 Å². The largest absolute Gasteiger partial charge is 0.507 e. The van der Waals surface area contributed by atoms with Crippen molar-refractivity contribution in [2.75, 3.05) is 19.0 Å². The lowest BCUT2D eigenvalue weighted by molar-refractivity contribution is 0.102. The fraction of sp³-hybridized carbons (Fsp3) is 0.258. The number of phenols is 1. The molecule has 200 valence electrons. The van der Waals surface area contributed by atoms with Crippen LogP contribution in [0.15, 0.2) is 78.9 Å². The highest BCUT2D eigenvalue weighted by Gasteiger charge is 2.26. The highest BCUT2D eigenvalue weighted by molar-refractivity contribution is 6.06. The lowest BCUT2D eigenvalue weighted by Gasteiger charge is -2.12. The predicted molar refractivity (Wildman–Crippen MR) is 150 cm³/mol. The second-order valence-electron chi connectivity index (χ2n) is 9.70. The first-order chi connectivity index (χ1) is 19.0. The first kappa shape index (κ1) is 26.0. The van der Waals surface area contributed by atoms with Crippen LogP contribution in [0, 0.1) is 0 Å². The first-order valence-electron chi connectivity index (χ1n) is 13.2. The monoisotopic (exact) mass is 524 g/mol. The highest BCUT2D eigenvalue weighted by Crippen LogP contribution is 2.38. The van der Waals surface area contributed by atoms with E-state index in [1.165, 1.54) is 17.9 Å². The lowest BCUT2D eigenvalue weighted by Crippen LogP contribution is -2.32. The fourth-order valence-electron chi connectivity index (χ4n) is 5.09. The van der Waals surface area contributed by atoms with Gasteiger partial charge >= 0.3 is 6.03 Å². The summed E-state index contributed by atoms with van der Waals surface area (Å²) >= 11 is 0. The van der Waals surface area contributed by atoms with Crippen LogP contribution in [-0.2, 0) is 6.42 Å². The van der Waals surface area contributed by atoms with Crippen molar-refractivity contribution in [3.8, 4) is 22.8 Å². The minimum Gasteiger partial charge on any atom is -0.507 e. The predicted octanol–water partition coefficient (Wildman–Crippen LogP) is 5.97. The summed E-state index contributed by atoms with van der Waals surface area (Å²) in [4.78, 5) is 25.9. The number of phenolic OH excluding ortho intramolecular Hbond substituents is 1. The summed E-state index contributed by atoms with van der Waals surface area (Å²) in [6, 6.07) is 23.4. The summed E-state index contributed by atoms with van der Waals surface area (Å²) in [5.74, 6) is 0.315. The Kier molecular flexibility index (Phi) is 7.91. The third kappa shape index (κ3) is 5.95. The summed E-state index contributed by atoms with van der Waals surface area (Å²) in [5, 5.41) is 21.3. The van der Waals surface area contributed by atoms with Gasteiger partial charge in [0.1, 0.15) is 11.5 Å². The van der Waals surface area contributed by atoms with Gasteiger partial charge < -0.3 is 20.5 Å². The van der Waals surface area contributed by atoms with Gasteiger partial charge in [-0.2, -0.15) is 9.78 Å². The molecule has 1 aliphatic carbocycles. The van der Waals surface area contributed by atoms with Crippen molar-refractivity contribution >= 4 is 17.6 Å². The van der Waals surface area contributed by atoms with Crippen molar-refractivity contribution in [2.24, 2.45) is 0 Å². The Morgan fingerprint density at radius 2 is 1.74 bits per heavy atom. The molecule has 5 rings (SSSR count). The molecule has 0 unspecified atom stereocenters. The van der Waals surface area contributed by atoms with Gasteiger partial charge in [-0.05, 0) is 55.2 Å². The summed E-state index contributed by atoms with van der Waals surface area (Å²) in [6.07, 6.45) is 4.96. The van der Waals surface area contributed by atoms with E-state index in [9.17, 15) is 14.7 Å². The standard InChI is InChI=1S/C31H32N4O4/c1-39-29-14-8-7-13-25(29)30(37)33-23-15-16-24(28(36)19-23)26-20-27(22-11-5-6-12-22)35(34-26)31(38)32-18-17-21-9-3-2-4-10-21/h2-4,7-10,13-16,19-20,22,36H,5-6,11-12,17-18H2,1H3,(H,32,38)(H,33,37). The van der Waals surface area contributed by atoms with Gasteiger partial charge in [0.15, 0.2) is 0 Å². The Morgan fingerprint density at radius 1 is 1.00 bits per heavy atom. The maximum Gasteiger partial charge on any atom is 0.342 e. The van der Waals surface area contributed by atoms with Crippen LogP contribution in [0.25, 0.3) is 11.3 Å². The van der Waals surface area contributed by atoms with Gasteiger partial charge in [0.2, 0.25) is 0 Å². The van der Waals surface area contributed by atoms with Crippen molar-refractivity contribution in [2.45, 2.75) is 38.0 Å². The van der Waals surface area contributed by atoms with Crippen LogP contribution in [0.4, 0.5) is 10.5 Å². The van der Waals surface area contributed by atoms with Crippen LogP contribution in [0.5, 0.6) is 11.5 Å². The van der Waals surface area contributed by atoms with Gasteiger partial charge in [-0.3, -0.25) is 4.79 Å². The number of aromatic hydroxyl groups is 1. The van der Waals surface area contributed by atoms with Gasteiger partial charge in [0.25, 0.3) is 5.91 Å². The molecule has 0 aliphatic heterocycles. The Bertz CT molecular complexity index is 1460. The number of carbonyl (C=O) groups is 2. The topological polar surface area (TPSA) is 105 Å². The number of methoxy groups -OCH3 is 1. The number of nitrogens with one attached hydrogen (secondary N) is 2. The maximum absolute atomic E-state index is 13.2. The van der Waals surface area contributed by atoms with E-state index >= 15 is 0 Å². The van der Waals surface area contributed by atoms with Crippen LogP contribution >= 0.6 is 0 Å². The Labute approximate surface area is 227 Å². The SMILES string of the molecule is COc1ccccc1C(=O)Nc1ccc(-c2cc(C3CCCC3)n(C(=O)NCCc3ccccc3)n2)c(O)c1. The van der Waals surface area contributed by atoms with Crippen LogP contribution in [0.2, 0.25) is 0 Å². The van der Waals surface area contributed by atoms with Gasteiger partial charge in [0.05, 0.1) is 24.1 Å². The fourth-order valence-corrected chi connectivity index (χ4v) is 5.09. The van der Waals surface area contributed by atoms with Crippen LogP contribution < -0.4 is 15.4 Å². The number of rotatable bonds is 8. The molecule has 1 fully saturated rings. The number of nitrogens with zero attached hydrogens (tertiary/aromatic N) is 2. The molecule has 39 heavy (non-hydrogen) atoms. The molecule has 2 amide bonds. The average Bonchev–Trinajstić information content (AvgIpc) is 3.64. The molecule has 3 N–H and O–H groups in total. The number of hydrogen-bond donors (Lipinski definition) is 3. The van der Waals surface area contributed by atoms with E-state index in [4.69, 9.17) is 4.74 Å². The summed E-state index contributed by atoms with van der Waals surface area (Å²) < 4.78 is 6.72. The third-order valence-electron chi connectivity index (χ3n) is 7.12. The molecule has 3 aromatic carbocycles. The molecular formula is C31H32N4O4. The number of para-hydroxylation sites is 1. The molecule has 0 saturated heterocycles. The molecule has 1 heterocycles. The van der Waals surface area contributed by atoms with Gasteiger partial charge in [-0.25, -0.2) is 4.79 Å². The Hall–Kier alpha value is -4.59. The lowest BCUT2D eigenvalue weighted by atomic mass is 10.0. The van der Waals surface area contributed by atoms with E-state index < -0.39 is 0 Å². The normalized spacial score (nSPS) is 13.3. The quantitative estimate of drug-likeness (QED) is 0.263. The van der Waals surface area contributed by atoms with Crippen molar-refractivity contribution in [1.29, 1.82) is 0 Å². The molecule has 0 spiro atoms. The maximum atomic E-state index is 13.2. The van der Waals surface area contributed by atoms with Gasteiger partial charge in [-0.1, -0.05) is 55.3 Å². The number of ether oxygens (including phenoxy) is 1. The molecular weight excluding hydrogens is 492 g/mol. The van der Waals surface area contributed by atoms with Crippen molar-refractivity contribution in [3.05, 3.63) is 95.7 Å². The van der Waals surface area contributed by atoms with E-state index in [2.05, 4.69) is 15.7 Å². The smallest absolute Gasteiger partial charge is 0.342 e. The Morgan fingerprint density at radius 3 is 2.49 bits per heavy atom. The molecule has 0 bridgehead atoms. The third-order valence-corrected chi connectivity index (χ3v) is 7.12. The number of aromatic nitrogens is 2. The zero-order valence-corrected chi connectivity index (χ0v) is 21.9. The number of amides is 2. The Balaban J connectivity index is 1.35. The van der Waals surface area contributed by atoms with E-state index in [-0.39, 0.29) is 23.6 Å². The van der Waals surface area contributed by atoms with Crippen LogP contribution in [0.3, 0.4) is 0 Å². The molecule has 1 aromatic heterocycles. The molecule has 4 aromatic rings. The van der Waals surface area contributed by atoms with Gasteiger partial charge in [-0.15, -0.1) is 0 Å².